The number of ether oxygens (including phenoxy) is 1. The fourth-order valence-corrected chi connectivity index (χ4v) is 2.38. The van der Waals surface area contributed by atoms with Gasteiger partial charge >= 0.3 is 5.97 Å². The van der Waals surface area contributed by atoms with Crippen molar-refractivity contribution in [2.45, 2.75) is 45.2 Å². The van der Waals surface area contributed by atoms with Crippen LogP contribution < -0.4 is 0 Å². The molecule has 3 atom stereocenters. The average Bonchev–Trinajstić information content (AvgIpc) is 2.25. The van der Waals surface area contributed by atoms with Crippen LogP contribution in [-0.4, -0.2) is 48.3 Å². The summed E-state index contributed by atoms with van der Waals surface area (Å²) in [6, 6.07) is -0.0239. The zero-order chi connectivity index (χ0) is 12.1. The lowest BCUT2D eigenvalue weighted by molar-refractivity contribution is -0.146. The van der Waals surface area contributed by atoms with Crippen molar-refractivity contribution in [2.24, 2.45) is 5.92 Å². The van der Waals surface area contributed by atoms with E-state index in [0.717, 1.165) is 25.8 Å². The minimum atomic E-state index is -0.684. The fraction of sp³-hybridized carbons (Fsp3) is 0.917. The molecule has 0 bridgehead atoms. The fourth-order valence-electron chi connectivity index (χ4n) is 2.38. The van der Waals surface area contributed by atoms with Crippen LogP contribution in [0.15, 0.2) is 0 Å². The standard InChI is InChI=1S/C12H23NO3/c1-9-4-6-13(10(2)5-7-16-3)11(8-9)12(14)15/h9-11H,4-8H2,1-3H3,(H,14,15). The van der Waals surface area contributed by atoms with Gasteiger partial charge < -0.3 is 9.84 Å². The molecule has 1 aliphatic heterocycles. The van der Waals surface area contributed by atoms with E-state index < -0.39 is 5.97 Å². The largest absolute Gasteiger partial charge is 0.480 e. The molecule has 4 nitrogen and oxygen atoms in total. The number of aliphatic carboxylic acids is 1. The monoisotopic (exact) mass is 229 g/mol. The normalized spacial score (nSPS) is 28.9. The van der Waals surface area contributed by atoms with Gasteiger partial charge in [0.25, 0.3) is 0 Å². The van der Waals surface area contributed by atoms with Gasteiger partial charge in [-0.1, -0.05) is 6.92 Å². The summed E-state index contributed by atoms with van der Waals surface area (Å²) in [4.78, 5) is 13.3. The van der Waals surface area contributed by atoms with Gasteiger partial charge in [0.15, 0.2) is 0 Å². The van der Waals surface area contributed by atoms with Crippen LogP contribution >= 0.6 is 0 Å². The minimum absolute atomic E-state index is 0.286. The van der Waals surface area contributed by atoms with E-state index in [1.807, 2.05) is 0 Å². The minimum Gasteiger partial charge on any atom is -0.480 e. The van der Waals surface area contributed by atoms with Crippen molar-refractivity contribution >= 4 is 5.97 Å². The summed E-state index contributed by atoms with van der Waals surface area (Å²) in [6.45, 7) is 5.81. The van der Waals surface area contributed by atoms with E-state index in [2.05, 4.69) is 18.7 Å². The Labute approximate surface area is 97.6 Å². The molecule has 0 spiro atoms. The number of methoxy groups -OCH3 is 1. The Morgan fingerprint density at radius 3 is 2.88 bits per heavy atom. The maximum absolute atomic E-state index is 11.2. The zero-order valence-electron chi connectivity index (χ0n) is 10.5. The third kappa shape index (κ3) is 3.46. The molecular formula is C12H23NO3. The number of hydrogen-bond acceptors (Lipinski definition) is 3. The molecule has 0 amide bonds. The van der Waals surface area contributed by atoms with Gasteiger partial charge in [-0.3, -0.25) is 9.69 Å². The number of carboxylic acids is 1. The molecule has 0 saturated carbocycles. The van der Waals surface area contributed by atoms with E-state index in [-0.39, 0.29) is 12.1 Å². The smallest absolute Gasteiger partial charge is 0.320 e. The molecule has 1 fully saturated rings. The van der Waals surface area contributed by atoms with Crippen molar-refractivity contribution in [2.75, 3.05) is 20.3 Å². The molecule has 0 radical (unpaired) electrons. The van der Waals surface area contributed by atoms with Crippen molar-refractivity contribution < 1.29 is 14.6 Å². The predicted molar refractivity (Wildman–Crippen MR) is 62.5 cm³/mol. The van der Waals surface area contributed by atoms with Gasteiger partial charge in [0.1, 0.15) is 6.04 Å². The number of nitrogens with zero attached hydrogens (tertiary/aromatic N) is 1. The maximum atomic E-state index is 11.2. The Morgan fingerprint density at radius 1 is 1.62 bits per heavy atom. The van der Waals surface area contributed by atoms with Gasteiger partial charge in [-0.25, -0.2) is 0 Å². The van der Waals surface area contributed by atoms with Gasteiger partial charge in [-0.05, 0) is 38.6 Å². The van der Waals surface area contributed by atoms with Crippen LogP contribution in [0, 0.1) is 5.92 Å². The highest BCUT2D eigenvalue weighted by molar-refractivity contribution is 5.73. The Kier molecular flexibility index (Phi) is 5.22. The molecule has 0 aromatic heterocycles. The Balaban J connectivity index is 2.57. The van der Waals surface area contributed by atoms with Crippen molar-refractivity contribution in [3.63, 3.8) is 0 Å². The maximum Gasteiger partial charge on any atom is 0.320 e. The summed E-state index contributed by atoms with van der Waals surface area (Å²) < 4.78 is 5.05. The number of rotatable bonds is 5. The second kappa shape index (κ2) is 6.21. The van der Waals surface area contributed by atoms with Crippen LogP contribution in [-0.2, 0) is 9.53 Å². The molecule has 94 valence electrons. The summed E-state index contributed by atoms with van der Waals surface area (Å²) in [5.74, 6) is -0.164. The summed E-state index contributed by atoms with van der Waals surface area (Å²) in [6.07, 6.45) is 2.77. The van der Waals surface area contributed by atoms with Crippen molar-refractivity contribution in [1.82, 2.24) is 4.90 Å². The molecule has 1 aliphatic rings. The molecule has 1 N–H and O–H groups in total. The van der Waals surface area contributed by atoms with Crippen LogP contribution in [0.1, 0.15) is 33.1 Å². The van der Waals surface area contributed by atoms with Gasteiger partial charge in [-0.15, -0.1) is 0 Å². The Morgan fingerprint density at radius 2 is 2.31 bits per heavy atom. The Bertz CT molecular complexity index is 232. The van der Waals surface area contributed by atoms with E-state index in [4.69, 9.17) is 4.74 Å². The van der Waals surface area contributed by atoms with Crippen LogP contribution in [0.5, 0.6) is 0 Å². The summed E-state index contributed by atoms with van der Waals surface area (Å²) in [5, 5.41) is 9.23. The van der Waals surface area contributed by atoms with Crippen molar-refractivity contribution in [3.8, 4) is 0 Å². The molecule has 1 saturated heterocycles. The Hall–Kier alpha value is -0.610. The first-order valence-corrected chi connectivity index (χ1v) is 6.03. The quantitative estimate of drug-likeness (QED) is 0.778. The number of carbonyl (C=O) groups is 1. The SMILES string of the molecule is COCCC(C)N1CCC(C)CC1C(=O)O. The van der Waals surface area contributed by atoms with Crippen molar-refractivity contribution in [3.05, 3.63) is 0 Å². The third-order valence-electron chi connectivity index (χ3n) is 3.50. The van der Waals surface area contributed by atoms with E-state index >= 15 is 0 Å². The zero-order valence-corrected chi connectivity index (χ0v) is 10.5. The highest BCUT2D eigenvalue weighted by Gasteiger charge is 2.33. The number of likely N-dealkylation sites (tertiary alicyclic amines) is 1. The van der Waals surface area contributed by atoms with Gasteiger partial charge in [0, 0.05) is 19.8 Å². The highest BCUT2D eigenvalue weighted by Crippen LogP contribution is 2.25. The summed E-state index contributed by atoms with van der Waals surface area (Å²) in [7, 11) is 1.68. The van der Waals surface area contributed by atoms with Crippen LogP contribution in [0.3, 0.4) is 0 Å². The van der Waals surface area contributed by atoms with Gasteiger partial charge in [-0.2, -0.15) is 0 Å². The first-order chi connectivity index (χ1) is 7.56. The second-order valence-electron chi connectivity index (χ2n) is 4.85. The first kappa shape index (κ1) is 13.5. The molecule has 3 unspecified atom stereocenters. The van der Waals surface area contributed by atoms with Crippen LogP contribution in [0.25, 0.3) is 0 Å². The van der Waals surface area contributed by atoms with Gasteiger partial charge in [0.05, 0.1) is 0 Å². The van der Waals surface area contributed by atoms with Crippen LogP contribution in [0.2, 0.25) is 0 Å². The summed E-state index contributed by atoms with van der Waals surface area (Å²) >= 11 is 0. The number of hydrogen-bond donors (Lipinski definition) is 1. The van der Waals surface area contributed by atoms with Crippen LogP contribution in [0.4, 0.5) is 0 Å². The molecule has 0 aromatic rings. The van der Waals surface area contributed by atoms with E-state index in [1.54, 1.807) is 7.11 Å². The summed E-state index contributed by atoms with van der Waals surface area (Å²) in [5.41, 5.74) is 0. The van der Waals surface area contributed by atoms with Gasteiger partial charge in [0.2, 0.25) is 0 Å². The number of piperidine rings is 1. The third-order valence-corrected chi connectivity index (χ3v) is 3.50. The number of carboxylic acid groups (broad SMARTS) is 1. The molecule has 16 heavy (non-hydrogen) atoms. The predicted octanol–water partition coefficient (Wildman–Crippen LogP) is 1.60. The second-order valence-corrected chi connectivity index (χ2v) is 4.85. The van der Waals surface area contributed by atoms with E-state index in [0.29, 0.717) is 12.5 Å². The lowest BCUT2D eigenvalue weighted by atomic mass is 9.91. The lowest BCUT2D eigenvalue weighted by Gasteiger charge is -2.39. The van der Waals surface area contributed by atoms with Crippen molar-refractivity contribution in [1.29, 1.82) is 0 Å². The molecule has 1 rings (SSSR count). The highest BCUT2D eigenvalue weighted by atomic mass is 16.5. The first-order valence-electron chi connectivity index (χ1n) is 6.03. The van der Waals surface area contributed by atoms with E-state index in [1.165, 1.54) is 0 Å². The average molecular weight is 229 g/mol. The van der Waals surface area contributed by atoms with E-state index in [9.17, 15) is 9.90 Å². The molecule has 4 heteroatoms. The molecule has 0 aromatic carbocycles. The lowest BCUT2D eigenvalue weighted by Crippen LogP contribution is -2.51. The molecule has 1 heterocycles. The molecular weight excluding hydrogens is 206 g/mol. The molecule has 0 aliphatic carbocycles. The topological polar surface area (TPSA) is 49.8 Å².